The highest BCUT2D eigenvalue weighted by atomic mass is 16.8. The molecule has 17 atom stereocenters. The number of carbonyl (C=O) groups excluding carboxylic acids is 1. The predicted molar refractivity (Wildman–Crippen MR) is 351 cm³/mol. The van der Waals surface area contributed by atoms with Gasteiger partial charge in [-0.05, 0) is 44.9 Å². The molecule has 12 N–H and O–H groups in total. The van der Waals surface area contributed by atoms with Crippen LogP contribution in [0.15, 0.2) is 36.5 Å². The lowest BCUT2D eigenvalue weighted by Gasteiger charge is -2.48. The molecule has 3 saturated heterocycles. The number of carbonyl (C=O) groups is 1. The summed E-state index contributed by atoms with van der Waals surface area (Å²) in [4.78, 5) is 13.4. The molecular formula is C71H131NO18. The number of allylic oxidation sites excluding steroid dienone is 5. The van der Waals surface area contributed by atoms with Gasteiger partial charge >= 0.3 is 0 Å². The monoisotopic (exact) mass is 1290 g/mol. The molecule has 3 aliphatic rings. The Morgan fingerprint density at radius 2 is 0.711 bits per heavy atom. The average Bonchev–Trinajstić information content (AvgIpc) is 1.14. The van der Waals surface area contributed by atoms with E-state index in [1.807, 2.05) is 6.08 Å². The molecule has 0 spiro atoms. The summed E-state index contributed by atoms with van der Waals surface area (Å²) in [6, 6.07) is -0.994. The number of hydrogen-bond donors (Lipinski definition) is 12. The summed E-state index contributed by atoms with van der Waals surface area (Å²) in [5.41, 5.74) is 0. The molecule has 3 rings (SSSR count). The first-order chi connectivity index (χ1) is 43.8. The van der Waals surface area contributed by atoms with Gasteiger partial charge in [0, 0.05) is 6.42 Å². The van der Waals surface area contributed by atoms with Crippen molar-refractivity contribution in [1.29, 1.82) is 0 Å². The summed E-state index contributed by atoms with van der Waals surface area (Å²) in [6.45, 7) is 1.74. The van der Waals surface area contributed by atoms with Gasteiger partial charge in [0.25, 0.3) is 0 Å². The van der Waals surface area contributed by atoms with Crippen LogP contribution in [0.5, 0.6) is 0 Å². The minimum Gasteiger partial charge on any atom is -0.394 e. The number of rotatable bonds is 56. The van der Waals surface area contributed by atoms with E-state index in [9.17, 15) is 61.0 Å². The van der Waals surface area contributed by atoms with E-state index in [4.69, 9.17) is 28.4 Å². The van der Waals surface area contributed by atoms with Gasteiger partial charge in [0.05, 0.1) is 38.6 Å². The van der Waals surface area contributed by atoms with E-state index in [0.717, 1.165) is 44.9 Å². The zero-order chi connectivity index (χ0) is 65.4. The van der Waals surface area contributed by atoms with Crippen molar-refractivity contribution in [2.45, 2.75) is 381 Å². The number of amides is 1. The Hall–Kier alpha value is -1.99. The maximum Gasteiger partial charge on any atom is 0.220 e. The van der Waals surface area contributed by atoms with Crippen LogP contribution in [0.4, 0.5) is 0 Å². The number of unbranched alkanes of at least 4 members (excludes halogenated alkanes) is 36. The van der Waals surface area contributed by atoms with Gasteiger partial charge in [0.2, 0.25) is 5.91 Å². The molecule has 0 saturated carbocycles. The minimum atomic E-state index is -1.98. The smallest absolute Gasteiger partial charge is 0.220 e. The quantitative estimate of drug-likeness (QED) is 0.0199. The highest BCUT2D eigenvalue weighted by Crippen LogP contribution is 2.33. The molecule has 19 heteroatoms. The van der Waals surface area contributed by atoms with Crippen LogP contribution in [0.25, 0.3) is 0 Å². The van der Waals surface area contributed by atoms with Crippen LogP contribution < -0.4 is 5.32 Å². The van der Waals surface area contributed by atoms with Crippen LogP contribution in [-0.2, 0) is 33.2 Å². The van der Waals surface area contributed by atoms with Gasteiger partial charge in [-0.15, -0.1) is 0 Å². The lowest BCUT2D eigenvalue weighted by atomic mass is 9.96. The second-order valence-corrected chi connectivity index (χ2v) is 26.0. The summed E-state index contributed by atoms with van der Waals surface area (Å²) in [5.74, 6) is -0.286. The van der Waals surface area contributed by atoms with Crippen LogP contribution in [0.3, 0.4) is 0 Å². The van der Waals surface area contributed by atoms with Crippen molar-refractivity contribution in [3.05, 3.63) is 36.5 Å². The van der Waals surface area contributed by atoms with E-state index in [2.05, 4.69) is 43.5 Å². The SMILES string of the molecule is CCCCCCCCCCCCCCCCCCCCC/C=C/CC/C=C/CC/C=C/C(O)C(COC1OC(CO)C(OC2OC(CO)C(OC3OC(CO)C(O)C(O)C3O)C(O)C2O)C(O)C1O)NC(=O)CCCCCCCCCCCCCCCCCC. The van der Waals surface area contributed by atoms with Gasteiger partial charge in [-0.2, -0.15) is 0 Å². The fraction of sp³-hybridized carbons (Fsp3) is 0.901. The molecule has 19 nitrogen and oxygen atoms in total. The first-order valence-corrected chi connectivity index (χ1v) is 36.2. The summed E-state index contributed by atoms with van der Waals surface area (Å²) in [5, 5.41) is 120. The summed E-state index contributed by atoms with van der Waals surface area (Å²) in [6.07, 6.45) is 35.7. The highest BCUT2D eigenvalue weighted by Gasteiger charge is 2.53. The largest absolute Gasteiger partial charge is 0.394 e. The normalized spacial score (nSPS) is 28.2. The number of ether oxygens (including phenoxy) is 6. The maximum absolute atomic E-state index is 13.4. The Morgan fingerprint density at radius 1 is 0.389 bits per heavy atom. The molecule has 0 radical (unpaired) electrons. The Morgan fingerprint density at radius 3 is 1.11 bits per heavy atom. The van der Waals surface area contributed by atoms with Crippen molar-refractivity contribution >= 4 is 5.91 Å². The zero-order valence-corrected chi connectivity index (χ0v) is 55.9. The van der Waals surface area contributed by atoms with E-state index < -0.39 is 124 Å². The van der Waals surface area contributed by atoms with Crippen molar-refractivity contribution in [1.82, 2.24) is 5.32 Å². The molecule has 3 heterocycles. The maximum atomic E-state index is 13.4. The van der Waals surface area contributed by atoms with Crippen molar-refractivity contribution in [3.63, 3.8) is 0 Å². The van der Waals surface area contributed by atoms with Crippen LogP contribution in [0.2, 0.25) is 0 Å². The third-order valence-electron chi connectivity index (χ3n) is 18.2. The first-order valence-electron chi connectivity index (χ1n) is 36.2. The van der Waals surface area contributed by atoms with Gasteiger partial charge < -0.3 is 89.9 Å². The molecule has 90 heavy (non-hydrogen) atoms. The third-order valence-corrected chi connectivity index (χ3v) is 18.2. The van der Waals surface area contributed by atoms with Gasteiger partial charge in [-0.3, -0.25) is 4.79 Å². The van der Waals surface area contributed by atoms with Gasteiger partial charge in [0.15, 0.2) is 18.9 Å². The molecule has 3 aliphatic heterocycles. The van der Waals surface area contributed by atoms with E-state index in [1.54, 1.807) is 6.08 Å². The molecule has 528 valence electrons. The fourth-order valence-electron chi connectivity index (χ4n) is 12.3. The highest BCUT2D eigenvalue weighted by molar-refractivity contribution is 5.76. The Labute approximate surface area is 542 Å². The number of hydrogen-bond acceptors (Lipinski definition) is 18. The molecule has 0 aromatic carbocycles. The molecule has 17 unspecified atom stereocenters. The standard InChI is InChI=1S/C71H131NO18/c1-3-5-7-9-11-13-15-17-19-21-22-23-24-25-26-27-28-29-30-31-32-33-34-36-38-40-42-44-46-48-55(76)54(72-59(77)49-47-45-43-41-39-37-35-20-18-16-14-12-10-8-6-4-2)53-85-69-65(83)62(80)67(57(51-74)87-69)90-71-66(84)63(81)68(58(52-75)88-71)89-70-64(82)61(79)60(78)56(50-73)86-70/h32-33,38,40,46,48,54-58,60-71,73-76,78-84H,3-31,34-37,39,41-45,47,49-53H2,1-2H3,(H,72,77)/b33-32+,40-38+,48-46+. The molecule has 0 aliphatic carbocycles. The van der Waals surface area contributed by atoms with Crippen LogP contribution in [0.1, 0.15) is 277 Å². The lowest BCUT2D eigenvalue weighted by molar-refractivity contribution is -0.379. The molecular weight excluding hydrogens is 1150 g/mol. The average molecular weight is 1290 g/mol. The fourth-order valence-corrected chi connectivity index (χ4v) is 12.3. The number of aliphatic hydroxyl groups excluding tert-OH is 11. The summed E-state index contributed by atoms with van der Waals surface area (Å²) in [7, 11) is 0. The zero-order valence-electron chi connectivity index (χ0n) is 55.9. The van der Waals surface area contributed by atoms with Crippen molar-refractivity contribution < 1.29 is 89.4 Å². The van der Waals surface area contributed by atoms with Gasteiger partial charge in [0.1, 0.15) is 73.2 Å². The second-order valence-electron chi connectivity index (χ2n) is 26.0. The molecule has 0 bridgehead atoms. The van der Waals surface area contributed by atoms with Gasteiger partial charge in [-0.1, -0.05) is 262 Å². The third kappa shape index (κ3) is 34.6. The predicted octanol–water partition coefficient (Wildman–Crippen LogP) is 10.00. The van der Waals surface area contributed by atoms with E-state index in [-0.39, 0.29) is 18.9 Å². The van der Waals surface area contributed by atoms with E-state index in [0.29, 0.717) is 12.8 Å². The molecule has 0 aromatic rings. The number of aliphatic hydroxyl groups is 11. The van der Waals surface area contributed by atoms with E-state index >= 15 is 0 Å². The van der Waals surface area contributed by atoms with Crippen molar-refractivity contribution in [3.8, 4) is 0 Å². The van der Waals surface area contributed by atoms with Crippen LogP contribution >= 0.6 is 0 Å². The Bertz CT molecular complexity index is 1780. The molecule has 0 aromatic heterocycles. The topological polar surface area (TPSA) is 307 Å². The van der Waals surface area contributed by atoms with E-state index in [1.165, 1.54) is 199 Å². The Balaban J connectivity index is 1.43. The first kappa shape index (κ1) is 82.2. The Kier molecular flexibility index (Phi) is 48.6. The molecule has 1 amide bonds. The summed E-state index contributed by atoms with van der Waals surface area (Å²) < 4.78 is 34.3. The van der Waals surface area contributed by atoms with Crippen LogP contribution in [-0.4, -0.2) is 193 Å². The van der Waals surface area contributed by atoms with Crippen molar-refractivity contribution in [2.24, 2.45) is 0 Å². The van der Waals surface area contributed by atoms with Crippen molar-refractivity contribution in [2.75, 3.05) is 26.4 Å². The van der Waals surface area contributed by atoms with Crippen LogP contribution in [0, 0.1) is 0 Å². The number of nitrogens with one attached hydrogen (secondary N) is 1. The molecule has 3 fully saturated rings. The second kappa shape index (κ2) is 53.2. The minimum absolute atomic E-state index is 0.236. The summed E-state index contributed by atoms with van der Waals surface area (Å²) >= 11 is 0. The lowest BCUT2D eigenvalue weighted by Crippen LogP contribution is -2.66. The van der Waals surface area contributed by atoms with Gasteiger partial charge in [-0.25, -0.2) is 0 Å².